The van der Waals surface area contributed by atoms with E-state index in [0.717, 1.165) is 0 Å². The standard InChI is InChI=1S/C8H6BrFO2/c1-5(11)12-7-4-2-3-6(9)8(7)10/h2-4H,1H3. The van der Waals surface area contributed by atoms with Crippen LogP contribution in [0.2, 0.25) is 0 Å². The summed E-state index contributed by atoms with van der Waals surface area (Å²) in [4.78, 5) is 10.5. The molecule has 0 saturated carbocycles. The van der Waals surface area contributed by atoms with Gasteiger partial charge in [0.05, 0.1) is 4.47 Å². The minimum atomic E-state index is -0.562. The van der Waals surface area contributed by atoms with Crippen LogP contribution in [-0.4, -0.2) is 5.97 Å². The Morgan fingerprint density at radius 1 is 1.58 bits per heavy atom. The first kappa shape index (κ1) is 9.19. The Morgan fingerprint density at radius 3 is 2.83 bits per heavy atom. The van der Waals surface area contributed by atoms with Gasteiger partial charge in [0.2, 0.25) is 0 Å². The number of carbonyl (C=O) groups is 1. The summed E-state index contributed by atoms with van der Waals surface area (Å²) < 4.78 is 17.9. The fourth-order valence-electron chi connectivity index (χ4n) is 0.718. The first-order valence-electron chi connectivity index (χ1n) is 3.23. The molecule has 0 bridgehead atoms. The average molecular weight is 233 g/mol. The Morgan fingerprint density at radius 2 is 2.25 bits per heavy atom. The molecule has 0 amide bonds. The third-order valence-corrected chi connectivity index (χ3v) is 1.78. The Balaban J connectivity index is 3.00. The van der Waals surface area contributed by atoms with Gasteiger partial charge in [0.15, 0.2) is 11.6 Å². The number of halogens is 2. The molecule has 1 aromatic carbocycles. The topological polar surface area (TPSA) is 26.3 Å². The van der Waals surface area contributed by atoms with Gasteiger partial charge in [-0.1, -0.05) is 6.07 Å². The Kier molecular flexibility index (Phi) is 2.81. The van der Waals surface area contributed by atoms with Crippen molar-refractivity contribution in [1.82, 2.24) is 0 Å². The molecule has 64 valence electrons. The van der Waals surface area contributed by atoms with E-state index in [2.05, 4.69) is 20.7 Å². The lowest BCUT2D eigenvalue weighted by Gasteiger charge is -2.02. The van der Waals surface area contributed by atoms with Crippen LogP contribution in [0.5, 0.6) is 5.75 Å². The van der Waals surface area contributed by atoms with E-state index in [9.17, 15) is 9.18 Å². The Hall–Kier alpha value is -0.900. The summed E-state index contributed by atoms with van der Waals surface area (Å²) in [6.45, 7) is 1.22. The molecule has 0 fully saturated rings. The van der Waals surface area contributed by atoms with Crippen molar-refractivity contribution in [3.63, 3.8) is 0 Å². The molecule has 0 aliphatic carbocycles. The quantitative estimate of drug-likeness (QED) is 0.550. The summed E-state index contributed by atoms with van der Waals surface area (Å²) in [5, 5.41) is 0. The number of rotatable bonds is 1. The highest BCUT2D eigenvalue weighted by Crippen LogP contribution is 2.24. The molecular weight excluding hydrogens is 227 g/mol. The molecule has 0 unspecified atom stereocenters. The van der Waals surface area contributed by atoms with Crippen LogP contribution in [-0.2, 0) is 4.79 Å². The number of carbonyl (C=O) groups excluding carboxylic acids is 1. The monoisotopic (exact) mass is 232 g/mol. The molecular formula is C8H6BrFO2. The smallest absolute Gasteiger partial charge is 0.308 e. The number of hydrogen-bond donors (Lipinski definition) is 0. The molecule has 0 aromatic heterocycles. The zero-order chi connectivity index (χ0) is 9.14. The highest BCUT2D eigenvalue weighted by Gasteiger charge is 2.07. The van der Waals surface area contributed by atoms with Crippen molar-refractivity contribution < 1.29 is 13.9 Å². The minimum Gasteiger partial charge on any atom is -0.424 e. The van der Waals surface area contributed by atoms with Crippen molar-refractivity contribution in [2.75, 3.05) is 0 Å². The molecule has 0 heterocycles. The molecule has 0 N–H and O–H groups in total. The van der Waals surface area contributed by atoms with E-state index in [4.69, 9.17) is 0 Å². The second-order valence-corrected chi connectivity index (χ2v) is 3.00. The zero-order valence-electron chi connectivity index (χ0n) is 6.30. The molecule has 0 spiro atoms. The molecule has 4 heteroatoms. The normalized spacial score (nSPS) is 9.58. The van der Waals surface area contributed by atoms with Gasteiger partial charge in [0, 0.05) is 6.92 Å². The molecule has 12 heavy (non-hydrogen) atoms. The van der Waals surface area contributed by atoms with Crippen molar-refractivity contribution in [2.45, 2.75) is 6.92 Å². The van der Waals surface area contributed by atoms with Gasteiger partial charge in [0.1, 0.15) is 0 Å². The van der Waals surface area contributed by atoms with Crippen molar-refractivity contribution in [1.29, 1.82) is 0 Å². The number of hydrogen-bond acceptors (Lipinski definition) is 2. The maximum atomic E-state index is 13.0. The summed E-state index contributed by atoms with van der Waals surface area (Å²) in [7, 11) is 0. The average Bonchev–Trinajstić information content (AvgIpc) is 1.98. The molecule has 0 radical (unpaired) electrons. The molecule has 2 nitrogen and oxygen atoms in total. The highest BCUT2D eigenvalue weighted by molar-refractivity contribution is 9.10. The van der Waals surface area contributed by atoms with Crippen LogP contribution in [0.1, 0.15) is 6.92 Å². The summed E-state index contributed by atoms with van der Waals surface area (Å²) >= 11 is 2.97. The lowest BCUT2D eigenvalue weighted by Crippen LogP contribution is -2.03. The number of ether oxygens (including phenoxy) is 1. The molecule has 0 aliphatic rings. The van der Waals surface area contributed by atoms with Crippen LogP contribution >= 0.6 is 15.9 Å². The van der Waals surface area contributed by atoms with E-state index in [1.54, 1.807) is 6.07 Å². The van der Waals surface area contributed by atoms with E-state index in [-0.39, 0.29) is 10.2 Å². The fourth-order valence-corrected chi connectivity index (χ4v) is 1.07. The van der Waals surface area contributed by atoms with Gasteiger partial charge < -0.3 is 4.74 Å². The highest BCUT2D eigenvalue weighted by atomic mass is 79.9. The summed E-state index contributed by atoms with van der Waals surface area (Å²) in [5.74, 6) is -1.16. The van der Waals surface area contributed by atoms with Gasteiger partial charge in [-0.3, -0.25) is 4.79 Å². The first-order chi connectivity index (χ1) is 5.61. The van der Waals surface area contributed by atoms with Crippen LogP contribution in [0.4, 0.5) is 4.39 Å². The number of benzene rings is 1. The Bertz CT molecular complexity index is 312. The van der Waals surface area contributed by atoms with Gasteiger partial charge in [-0.05, 0) is 28.1 Å². The number of esters is 1. The molecule has 0 atom stereocenters. The fraction of sp³-hybridized carbons (Fsp3) is 0.125. The minimum absolute atomic E-state index is 0.0584. The van der Waals surface area contributed by atoms with Crippen molar-refractivity contribution in [2.24, 2.45) is 0 Å². The van der Waals surface area contributed by atoms with E-state index >= 15 is 0 Å². The van der Waals surface area contributed by atoms with Gasteiger partial charge in [0.25, 0.3) is 0 Å². The van der Waals surface area contributed by atoms with Gasteiger partial charge >= 0.3 is 5.97 Å². The Labute approximate surface area is 77.5 Å². The van der Waals surface area contributed by atoms with Crippen molar-refractivity contribution in [3.05, 3.63) is 28.5 Å². The SMILES string of the molecule is CC(=O)Oc1cccc(Br)c1F. The van der Waals surface area contributed by atoms with E-state index in [0.29, 0.717) is 0 Å². The van der Waals surface area contributed by atoms with Crippen LogP contribution in [0.3, 0.4) is 0 Å². The zero-order valence-corrected chi connectivity index (χ0v) is 7.89. The van der Waals surface area contributed by atoms with Gasteiger partial charge in [-0.15, -0.1) is 0 Å². The summed E-state index contributed by atoms with van der Waals surface area (Å²) in [6, 6.07) is 4.51. The van der Waals surface area contributed by atoms with E-state index in [1.807, 2.05) is 0 Å². The van der Waals surface area contributed by atoms with E-state index < -0.39 is 11.8 Å². The summed E-state index contributed by atoms with van der Waals surface area (Å²) in [5.41, 5.74) is 0. The van der Waals surface area contributed by atoms with Crippen LogP contribution < -0.4 is 4.74 Å². The molecule has 1 aromatic rings. The maximum absolute atomic E-state index is 13.0. The van der Waals surface area contributed by atoms with Gasteiger partial charge in [-0.25, -0.2) is 4.39 Å². The third-order valence-electron chi connectivity index (χ3n) is 1.17. The largest absolute Gasteiger partial charge is 0.424 e. The van der Waals surface area contributed by atoms with Crippen molar-refractivity contribution in [3.8, 4) is 5.75 Å². The molecule has 0 aliphatic heterocycles. The maximum Gasteiger partial charge on any atom is 0.308 e. The third kappa shape index (κ3) is 2.04. The van der Waals surface area contributed by atoms with E-state index in [1.165, 1.54) is 19.1 Å². The predicted molar refractivity (Wildman–Crippen MR) is 45.4 cm³/mol. The predicted octanol–water partition coefficient (Wildman–Crippen LogP) is 2.51. The van der Waals surface area contributed by atoms with Crippen LogP contribution in [0.15, 0.2) is 22.7 Å². The second-order valence-electron chi connectivity index (χ2n) is 2.15. The first-order valence-corrected chi connectivity index (χ1v) is 4.03. The summed E-state index contributed by atoms with van der Waals surface area (Å²) in [6.07, 6.45) is 0. The lowest BCUT2D eigenvalue weighted by atomic mass is 10.3. The lowest BCUT2D eigenvalue weighted by molar-refractivity contribution is -0.132. The van der Waals surface area contributed by atoms with Crippen molar-refractivity contribution >= 4 is 21.9 Å². The van der Waals surface area contributed by atoms with Crippen LogP contribution in [0, 0.1) is 5.82 Å². The second kappa shape index (κ2) is 3.67. The molecule has 1 rings (SSSR count). The molecule has 0 saturated heterocycles. The van der Waals surface area contributed by atoms with Gasteiger partial charge in [-0.2, -0.15) is 0 Å². The van der Waals surface area contributed by atoms with Crippen LogP contribution in [0.25, 0.3) is 0 Å².